The zero-order valence-electron chi connectivity index (χ0n) is 15.5. The van der Waals surface area contributed by atoms with Gasteiger partial charge in [0.2, 0.25) is 0 Å². The van der Waals surface area contributed by atoms with Crippen molar-refractivity contribution < 1.29 is 4.92 Å². The van der Waals surface area contributed by atoms with Crippen LogP contribution in [0, 0.1) is 16.0 Å². The molecule has 2 heterocycles. The van der Waals surface area contributed by atoms with Crippen LogP contribution in [0.15, 0.2) is 59.2 Å². The van der Waals surface area contributed by atoms with E-state index in [0.717, 1.165) is 28.3 Å². The number of hydrogen-bond donors (Lipinski definition) is 0. The van der Waals surface area contributed by atoms with Crippen LogP contribution in [0.2, 0.25) is 0 Å². The normalized spacial score (nSPS) is 15.6. The van der Waals surface area contributed by atoms with Crippen LogP contribution in [0.25, 0.3) is 11.3 Å². The van der Waals surface area contributed by atoms with E-state index in [1.165, 1.54) is 38.2 Å². The molecular formula is C21H22N4O2S. The summed E-state index contributed by atoms with van der Waals surface area (Å²) in [6.45, 7) is 0.890. The lowest BCUT2D eigenvalue weighted by Gasteiger charge is -2.23. The highest BCUT2D eigenvalue weighted by Crippen LogP contribution is 2.29. The summed E-state index contributed by atoms with van der Waals surface area (Å²) >= 11 is 1.57. The molecule has 0 radical (unpaired) electrons. The van der Waals surface area contributed by atoms with Crippen LogP contribution in [0.4, 0.5) is 11.4 Å². The maximum absolute atomic E-state index is 11.2. The zero-order valence-corrected chi connectivity index (χ0v) is 16.3. The standard InChI is InChI=1S/C21H22N4O2S/c26-25(27)19-10-4-8-17(12-19)20-15-28-21(23-18-9-5-11-22-13-18)24(20)14-16-6-2-1-3-7-16/h4-5,8-13,15-16H,1-3,6-7,14H2. The first kappa shape index (κ1) is 18.6. The Morgan fingerprint density at radius 1 is 1.21 bits per heavy atom. The van der Waals surface area contributed by atoms with Gasteiger partial charge >= 0.3 is 0 Å². The summed E-state index contributed by atoms with van der Waals surface area (Å²) in [4.78, 5) is 20.7. The minimum atomic E-state index is -0.345. The van der Waals surface area contributed by atoms with Gasteiger partial charge in [0.25, 0.3) is 5.69 Å². The van der Waals surface area contributed by atoms with E-state index < -0.39 is 0 Å². The van der Waals surface area contributed by atoms with Crippen LogP contribution in [-0.4, -0.2) is 14.5 Å². The fourth-order valence-electron chi connectivity index (χ4n) is 3.76. The van der Waals surface area contributed by atoms with E-state index in [0.29, 0.717) is 5.92 Å². The lowest BCUT2D eigenvalue weighted by Crippen LogP contribution is -2.22. The zero-order chi connectivity index (χ0) is 19.3. The molecule has 7 heteroatoms. The molecule has 0 bridgehead atoms. The second-order valence-electron chi connectivity index (χ2n) is 7.15. The Morgan fingerprint density at radius 2 is 2.07 bits per heavy atom. The first-order valence-corrected chi connectivity index (χ1v) is 10.5. The van der Waals surface area contributed by atoms with E-state index in [4.69, 9.17) is 4.99 Å². The van der Waals surface area contributed by atoms with E-state index in [-0.39, 0.29) is 10.6 Å². The number of nitrogens with zero attached hydrogens (tertiary/aromatic N) is 4. The van der Waals surface area contributed by atoms with E-state index in [2.05, 4.69) is 14.9 Å². The van der Waals surface area contributed by atoms with Gasteiger partial charge < -0.3 is 4.57 Å². The van der Waals surface area contributed by atoms with Gasteiger partial charge in [-0.3, -0.25) is 15.1 Å². The number of thiazole rings is 1. The lowest BCUT2D eigenvalue weighted by molar-refractivity contribution is -0.384. The molecule has 2 aromatic heterocycles. The van der Waals surface area contributed by atoms with Crippen LogP contribution < -0.4 is 4.80 Å². The highest BCUT2D eigenvalue weighted by Gasteiger charge is 2.18. The third-order valence-corrected chi connectivity index (χ3v) is 6.05. The molecule has 144 valence electrons. The van der Waals surface area contributed by atoms with Gasteiger partial charge in [-0.1, -0.05) is 31.4 Å². The van der Waals surface area contributed by atoms with Gasteiger partial charge in [-0.05, 0) is 30.9 Å². The van der Waals surface area contributed by atoms with Crippen molar-refractivity contribution in [3.63, 3.8) is 0 Å². The van der Waals surface area contributed by atoms with E-state index in [9.17, 15) is 10.1 Å². The molecule has 1 aliphatic rings. The third-order valence-electron chi connectivity index (χ3n) is 5.19. The van der Waals surface area contributed by atoms with Crippen molar-refractivity contribution in [1.29, 1.82) is 0 Å². The molecule has 0 atom stereocenters. The Hall–Kier alpha value is -2.80. The first-order chi connectivity index (χ1) is 13.7. The predicted molar refractivity (Wildman–Crippen MR) is 110 cm³/mol. The molecule has 0 aliphatic heterocycles. The summed E-state index contributed by atoms with van der Waals surface area (Å²) in [5, 5.41) is 13.3. The molecule has 1 fully saturated rings. The summed E-state index contributed by atoms with van der Waals surface area (Å²) in [6.07, 6.45) is 9.80. The van der Waals surface area contributed by atoms with Crippen molar-refractivity contribution in [2.24, 2.45) is 10.9 Å². The Morgan fingerprint density at radius 3 is 2.82 bits per heavy atom. The smallest absolute Gasteiger partial charge is 0.270 e. The highest BCUT2D eigenvalue weighted by atomic mass is 32.1. The lowest BCUT2D eigenvalue weighted by atomic mass is 9.89. The highest BCUT2D eigenvalue weighted by molar-refractivity contribution is 7.07. The van der Waals surface area contributed by atoms with Crippen LogP contribution in [0.3, 0.4) is 0 Å². The molecule has 0 N–H and O–H groups in total. The van der Waals surface area contributed by atoms with Gasteiger partial charge in [-0.15, -0.1) is 11.3 Å². The summed E-state index contributed by atoms with van der Waals surface area (Å²) in [5.41, 5.74) is 2.77. The Kier molecular flexibility index (Phi) is 5.62. The second-order valence-corrected chi connectivity index (χ2v) is 7.99. The maximum atomic E-state index is 11.2. The van der Waals surface area contributed by atoms with Crippen molar-refractivity contribution in [3.8, 4) is 11.3 Å². The molecule has 3 aromatic rings. The van der Waals surface area contributed by atoms with Crippen molar-refractivity contribution in [1.82, 2.24) is 9.55 Å². The summed E-state index contributed by atoms with van der Waals surface area (Å²) < 4.78 is 2.23. The molecular weight excluding hydrogens is 372 g/mol. The quantitative estimate of drug-likeness (QED) is 0.433. The van der Waals surface area contributed by atoms with Gasteiger partial charge in [0.15, 0.2) is 4.80 Å². The Labute approximate surface area is 167 Å². The second kappa shape index (κ2) is 8.48. The summed E-state index contributed by atoms with van der Waals surface area (Å²) in [6, 6.07) is 10.7. The number of hydrogen-bond acceptors (Lipinski definition) is 5. The summed E-state index contributed by atoms with van der Waals surface area (Å²) in [5.74, 6) is 0.619. The fraction of sp³-hybridized carbons (Fsp3) is 0.333. The minimum Gasteiger partial charge on any atom is -0.316 e. The van der Waals surface area contributed by atoms with E-state index >= 15 is 0 Å². The average Bonchev–Trinajstić information content (AvgIpc) is 3.12. The number of nitro benzene ring substituents is 1. The maximum Gasteiger partial charge on any atom is 0.270 e. The Bertz CT molecular complexity index is 1020. The first-order valence-electron chi connectivity index (χ1n) is 9.58. The average molecular weight is 395 g/mol. The predicted octanol–water partition coefficient (Wildman–Crippen LogP) is 5.33. The summed E-state index contributed by atoms with van der Waals surface area (Å²) in [7, 11) is 0. The molecule has 1 aromatic carbocycles. The number of non-ortho nitro benzene ring substituents is 1. The molecule has 0 unspecified atom stereocenters. The van der Waals surface area contributed by atoms with Crippen LogP contribution in [0.5, 0.6) is 0 Å². The van der Waals surface area contributed by atoms with Gasteiger partial charge in [-0.2, -0.15) is 0 Å². The van der Waals surface area contributed by atoms with Gasteiger partial charge in [0.05, 0.1) is 22.5 Å². The largest absolute Gasteiger partial charge is 0.316 e. The van der Waals surface area contributed by atoms with Crippen molar-refractivity contribution >= 4 is 22.7 Å². The van der Waals surface area contributed by atoms with E-state index in [1.807, 2.05) is 18.2 Å². The number of benzene rings is 1. The van der Waals surface area contributed by atoms with Gasteiger partial charge in [-0.25, -0.2) is 4.99 Å². The minimum absolute atomic E-state index is 0.110. The number of nitro groups is 1. The molecule has 4 rings (SSSR count). The molecule has 0 amide bonds. The van der Waals surface area contributed by atoms with Crippen LogP contribution in [-0.2, 0) is 6.54 Å². The molecule has 1 aliphatic carbocycles. The molecule has 28 heavy (non-hydrogen) atoms. The third kappa shape index (κ3) is 4.20. The van der Waals surface area contributed by atoms with Crippen molar-refractivity contribution in [2.75, 3.05) is 0 Å². The molecule has 0 spiro atoms. The van der Waals surface area contributed by atoms with Crippen LogP contribution >= 0.6 is 11.3 Å². The van der Waals surface area contributed by atoms with Gasteiger partial charge in [0.1, 0.15) is 0 Å². The van der Waals surface area contributed by atoms with Crippen molar-refractivity contribution in [3.05, 3.63) is 69.1 Å². The van der Waals surface area contributed by atoms with Crippen molar-refractivity contribution in [2.45, 2.75) is 38.6 Å². The van der Waals surface area contributed by atoms with Gasteiger partial charge in [0, 0.05) is 35.8 Å². The SMILES string of the molecule is O=[N+]([O-])c1cccc(-c2csc(=Nc3cccnc3)n2CC2CCCCC2)c1. The number of aromatic nitrogens is 2. The molecule has 6 nitrogen and oxygen atoms in total. The molecule has 1 saturated carbocycles. The topological polar surface area (TPSA) is 73.3 Å². The number of pyridine rings is 1. The number of rotatable bonds is 5. The Balaban J connectivity index is 1.78. The van der Waals surface area contributed by atoms with Crippen LogP contribution in [0.1, 0.15) is 32.1 Å². The molecule has 0 saturated heterocycles. The monoisotopic (exact) mass is 394 g/mol. The van der Waals surface area contributed by atoms with E-state index in [1.54, 1.807) is 35.9 Å². The fourth-order valence-corrected chi connectivity index (χ4v) is 4.70.